The van der Waals surface area contributed by atoms with Crippen LogP contribution >= 0.6 is 0 Å². The maximum absolute atomic E-state index is 13.3. The summed E-state index contributed by atoms with van der Waals surface area (Å²) in [7, 11) is 3.17. The van der Waals surface area contributed by atoms with Crippen LogP contribution in [-0.4, -0.2) is 53.2 Å². The molecule has 1 N–H and O–H groups in total. The molecule has 30 heavy (non-hydrogen) atoms. The number of aliphatic hydroxyl groups excluding tert-OH is 1. The van der Waals surface area contributed by atoms with Gasteiger partial charge in [0.25, 0.3) is 5.91 Å². The Kier molecular flexibility index (Phi) is 6.62. The minimum atomic E-state index is -1.52. The first-order valence-corrected chi connectivity index (χ1v) is 9.90. The molecule has 160 valence electrons. The molecule has 1 fully saturated rings. The molecule has 2 aromatic carbocycles. The Morgan fingerprint density at radius 3 is 1.63 bits per heavy atom. The maximum Gasteiger partial charge on any atom is 0.273 e. The summed E-state index contributed by atoms with van der Waals surface area (Å²) in [5.41, 5.74) is 1.67. The monoisotopic (exact) mass is 412 g/mol. The Morgan fingerprint density at radius 2 is 1.23 bits per heavy atom. The van der Waals surface area contributed by atoms with Gasteiger partial charge >= 0.3 is 0 Å². The molecule has 0 aromatic heterocycles. The van der Waals surface area contributed by atoms with Crippen LogP contribution in [0.4, 0.5) is 0 Å². The van der Waals surface area contributed by atoms with Crippen LogP contribution in [0.3, 0.4) is 0 Å². The highest BCUT2D eigenvalue weighted by Gasteiger charge is 2.46. The lowest BCUT2D eigenvalue weighted by Crippen LogP contribution is -2.65. The first kappa shape index (κ1) is 21.6. The van der Waals surface area contributed by atoms with Crippen LogP contribution in [0.25, 0.3) is 0 Å². The summed E-state index contributed by atoms with van der Waals surface area (Å²) in [5.74, 6) is 0.571. The molecule has 0 bridgehead atoms. The molecular weight excluding hydrogens is 384 g/mol. The van der Waals surface area contributed by atoms with Crippen molar-refractivity contribution in [3.05, 3.63) is 59.7 Å². The van der Waals surface area contributed by atoms with Crippen molar-refractivity contribution in [1.82, 2.24) is 9.80 Å². The molecule has 0 saturated carbocycles. The predicted octanol–water partition coefficient (Wildman–Crippen LogP) is 2.42. The van der Waals surface area contributed by atoms with E-state index in [0.717, 1.165) is 11.1 Å². The zero-order valence-corrected chi connectivity index (χ0v) is 17.7. The number of benzene rings is 2. The van der Waals surface area contributed by atoms with E-state index in [9.17, 15) is 14.7 Å². The third-order valence-corrected chi connectivity index (χ3v) is 5.33. The first-order valence-electron chi connectivity index (χ1n) is 9.90. The van der Waals surface area contributed by atoms with E-state index < -0.39 is 18.2 Å². The van der Waals surface area contributed by atoms with Gasteiger partial charge in [-0.2, -0.15) is 0 Å². The zero-order chi connectivity index (χ0) is 21.8. The second-order valence-electron chi connectivity index (χ2n) is 7.69. The molecule has 7 heteroatoms. The molecule has 1 saturated heterocycles. The zero-order valence-electron chi connectivity index (χ0n) is 17.7. The third kappa shape index (κ3) is 4.41. The number of carbonyl (C=O) groups excluding carboxylic acids is 2. The second kappa shape index (κ2) is 9.17. The number of hydrogen-bond acceptors (Lipinski definition) is 5. The maximum atomic E-state index is 13.3. The molecule has 2 amide bonds. The smallest absolute Gasteiger partial charge is 0.273 e. The van der Waals surface area contributed by atoms with E-state index in [4.69, 9.17) is 9.47 Å². The normalized spacial score (nSPS) is 19.4. The summed E-state index contributed by atoms with van der Waals surface area (Å²) in [5, 5.41) is 10.7. The highest BCUT2D eigenvalue weighted by Crippen LogP contribution is 2.27. The summed E-state index contributed by atoms with van der Waals surface area (Å²) in [6.07, 6.45) is -1.52. The lowest BCUT2D eigenvalue weighted by Gasteiger charge is -2.44. The Bertz CT molecular complexity index is 879. The number of rotatable bonds is 7. The number of ether oxygens (including phenoxy) is 2. The van der Waals surface area contributed by atoms with E-state index in [0.29, 0.717) is 11.5 Å². The topological polar surface area (TPSA) is 79.3 Å². The summed E-state index contributed by atoms with van der Waals surface area (Å²) in [6.45, 7) is 4.19. The Labute approximate surface area is 176 Å². The molecule has 2 aromatic rings. The number of nitrogens with zero attached hydrogens (tertiary/aromatic N) is 2. The standard InChI is InChI=1S/C23H28N2O5/c1-15(2)20-21(26)25(14-17-7-11-19(30-4)12-8-17)23(28)22(27)24(20)13-16-5-9-18(29-3)10-6-16/h5-12,15,20,23,28H,13-14H2,1-4H3/t20-,23+/m0/s1. The number of carbonyl (C=O) groups is 2. The summed E-state index contributed by atoms with van der Waals surface area (Å²) in [6, 6.07) is 13.9. The average Bonchev–Trinajstić information content (AvgIpc) is 2.75. The summed E-state index contributed by atoms with van der Waals surface area (Å²) >= 11 is 0. The average molecular weight is 412 g/mol. The van der Waals surface area contributed by atoms with Crippen molar-refractivity contribution >= 4 is 11.8 Å². The van der Waals surface area contributed by atoms with Crippen LogP contribution < -0.4 is 9.47 Å². The van der Waals surface area contributed by atoms with Gasteiger partial charge in [0.05, 0.1) is 14.2 Å². The van der Waals surface area contributed by atoms with Crippen molar-refractivity contribution < 1.29 is 24.2 Å². The number of methoxy groups -OCH3 is 2. The van der Waals surface area contributed by atoms with E-state index in [1.165, 1.54) is 9.80 Å². The third-order valence-electron chi connectivity index (χ3n) is 5.33. The lowest BCUT2D eigenvalue weighted by atomic mass is 9.96. The predicted molar refractivity (Wildman–Crippen MR) is 112 cm³/mol. The van der Waals surface area contributed by atoms with Gasteiger partial charge in [-0.25, -0.2) is 0 Å². The summed E-state index contributed by atoms with van der Waals surface area (Å²) in [4.78, 5) is 29.1. The molecular formula is C23H28N2O5. The van der Waals surface area contributed by atoms with Crippen molar-refractivity contribution in [2.75, 3.05) is 14.2 Å². The van der Waals surface area contributed by atoms with Crippen LogP contribution in [0.1, 0.15) is 25.0 Å². The molecule has 1 heterocycles. The van der Waals surface area contributed by atoms with Gasteiger partial charge < -0.3 is 24.4 Å². The molecule has 0 spiro atoms. The van der Waals surface area contributed by atoms with Crippen molar-refractivity contribution in [2.24, 2.45) is 5.92 Å². The van der Waals surface area contributed by atoms with Crippen molar-refractivity contribution in [2.45, 2.75) is 39.2 Å². The highest BCUT2D eigenvalue weighted by molar-refractivity contribution is 5.96. The van der Waals surface area contributed by atoms with Gasteiger partial charge in [0, 0.05) is 13.1 Å². The van der Waals surface area contributed by atoms with Gasteiger partial charge in [-0.15, -0.1) is 0 Å². The molecule has 3 rings (SSSR count). The molecule has 2 atom stereocenters. The number of piperazine rings is 1. The highest BCUT2D eigenvalue weighted by atomic mass is 16.5. The van der Waals surface area contributed by atoms with Gasteiger partial charge in [0.2, 0.25) is 12.1 Å². The minimum absolute atomic E-state index is 0.106. The fraction of sp³-hybridized carbons (Fsp3) is 0.391. The largest absolute Gasteiger partial charge is 0.497 e. The van der Waals surface area contributed by atoms with Crippen LogP contribution in [0, 0.1) is 5.92 Å². The first-order chi connectivity index (χ1) is 14.3. The fourth-order valence-electron chi connectivity index (χ4n) is 3.68. The Morgan fingerprint density at radius 1 is 0.800 bits per heavy atom. The second-order valence-corrected chi connectivity index (χ2v) is 7.69. The van der Waals surface area contributed by atoms with Crippen LogP contribution in [0.2, 0.25) is 0 Å². The lowest BCUT2D eigenvalue weighted by molar-refractivity contribution is -0.180. The molecule has 0 radical (unpaired) electrons. The molecule has 0 aliphatic carbocycles. The van der Waals surface area contributed by atoms with Crippen molar-refractivity contribution in [3.8, 4) is 11.5 Å². The molecule has 7 nitrogen and oxygen atoms in total. The van der Waals surface area contributed by atoms with E-state index in [2.05, 4.69) is 0 Å². The van der Waals surface area contributed by atoms with Crippen LogP contribution in [-0.2, 0) is 22.7 Å². The van der Waals surface area contributed by atoms with E-state index in [1.54, 1.807) is 26.4 Å². The van der Waals surface area contributed by atoms with E-state index >= 15 is 0 Å². The van der Waals surface area contributed by atoms with Crippen LogP contribution in [0.5, 0.6) is 11.5 Å². The summed E-state index contributed by atoms with van der Waals surface area (Å²) < 4.78 is 10.3. The molecule has 1 aliphatic heterocycles. The Hall–Kier alpha value is -3.06. The number of amides is 2. The van der Waals surface area contributed by atoms with Gasteiger partial charge in [-0.3, -0.25) is 9.59 Å². The van der Waals surface area contributed by atoms with E-state index in [-0.39, 0.29) is 24.9 Å². The molecule has 0 unspecified atom stereocenters. The minimum Gasteiger partial charge on any atom is -0.497 e. The van der Waals surface area contributed by atoms with Gasteiger partial charge in [-0.1, -0.05) is 38.1 Å². The Balaban J connectivity index is 1.83. The van der Waals surface area contributed by atoms with Crippen LogP contribution in [0.15, 0.2) is 48.5 Å². The SMILES string of the molecule is COc1ccc(CN2C(=O)[C@H](C(C)C)N(Cc3ccc(OC)cc3)C(=O)[C@H]2O)cc1. The van der Waals surface area contributed by atoms with E-state index in [1.807, 2.05) is 50.2 Å². The molecule has 1 aliphatic rings. The quantitative estimate of drug-likeness (QED) is 0.756. The van der Waals surface area contributed by atoms with Gasteiger partial charge in [0.15, 0.2) is 0 Å². The van der Waals surface area contributed by atoms with Gasteiger partial charge in [0.1, 0.15) is 17.5 Å². The van der Waals surface area contributed by atoms with Crippen molar-refractivity contribution in [3.63, 3.8) is 0 Å². The number of aliphatic hydroxyl groups is 1. The van der Waals surface area contributed by atoms with Gasteiger partial charge in [-0.05, 0) is 41.3 Å². The fourth-order valence-corrected chi connectivity index (χ4v) is 3.68. The van der Waals surface area contributed by atoms with Crippen molar-refractivity contribution in [1.29, 1.82) is 0 Å². The number of hydrogen-bond donors (Lipinski definition) is 1.